The SMILES string of the molecule is Cc1cc(C(=O)O)cc(NCC2CCCC2O)n1. The fraction of sp³-hybridized carbons (Fsp3) is 0.538. The van der Waals surface area contributed by atoms with E-state index in [1.54, 1.807) is 6.92 Å². The quantitative estimate of drug-likeness (QED) is 0.757. The molecule has 98 valence electrons. The number of pyridine rings is 1. The summed E-state index contributed by atoms with van der Waals surface area (Å²) in [6, 6.07) is 3.06. The van der Waals surface area contributed by atoms with Crippen molar-refractivity contribution in [1.29, 1.82) is 0 Å². The lowest BCUT2D eigenvalue weighted by Gasteiger charge is -2.15. The van der Waals surface area contributed by atoms with Gasteiger partial charge in [0, 0.05) is 18.2 Å². The molecule has 0 aliphatic heterocycles. The van der Waals surface area contributed by atoms with Gasteiger partial charge in [0.1, 0.15) is 5.82 Å². The molecule has 1 saturated carbocycles. The van der Waals surface area contributed by atoms with Crippen LogP contribution < -0.4 is 5.32 Å². The Hall–Kier alpha value is -1.62. The van der Waals surface area contributed by atoms with Crippen molar-refractivity contribution in [1.82, 2.24) is 4.98 Å². The van der Waals surface area contributed by atoms with E-state index in [9.17, 15) is 9.90 Å². The van der Waals surface area contributed by atoms with Crippen molar-refractivity contribution in [3.05, 3.63) is 23.4 Å². The molecule has 2 unspecified atom stereocenters. The number of aromatic nitrogens is 1. The zero-order chi connectivity index (χ0) is 13.1. The van der Waals surface area contributed by atoms with Crippen molar-refractivity contribution < 1.29 is 15.0 Å². The number of aryl methyl sites for hydroxylation is 1. The molecule has 2 atom stereocenters. The Bertz CT molecular complexity index is 448. The molecule has 3 N–H and O–H groups in total. The van der Waals surface area contributed by atoms with E-state index < -0.39 is 5.97 Å². The van der Waals surface area contributed by atoms with Crippen molar-refractivity contribution >= 4 is 11.8 Å². The molecule has 18 heavy (non-hydrogen) atoms. The number of aliphatic hydroxyl groups is 1. The van der Waals surface area contributed by atoms with Gasteiger partial charge < -0.3 is 15.5 Å². The number of nitrogens with one attached hydrogen (secondary N) is 1. The number of carboxylic acid groups (broad SMARTS) is 1. The molecule has 0 spiro atoms. The summed E-state index contributed by atoms with van der Waals surface area (Å²) in [5.41, 5.74) is 0.904. The van der Waals surface area contributed by atoms with E-state index >= 15 is 0 Å². The Kier molecular flexibility index (Phi) is 3.81. The molecule has 1 aliphatic rings. The van der Waals surface area contributed by atoms with Gasteiger partial charge in [-0.2, -0.15) is 0 Å². The first-order valence-corrected chi connectivity index (χ1v) is 6.20. The Morgan fingerprint density at radius 2 is 2.28 bits per heavy atom. The highest BCUT2D eigenvalue weighted by molar-refractivity contribution is 5.88. The first-order chi connectivity index (χ1) is 8.56. The number of anilines is 1. The van der Waals surface area contributed by atoms with Crippen LogP contribution in [0.4, 0.5) is 5.82 Å². The molecule has 1 aromatic rings. The Labute approximate surface area is 106 Å². The van der Waals surface area contributed by atoms with Gasteiger partial charge >= 0.3 is 5.97 Å². The minimum atomic E-state index is -0.954. The maximum Gasteiger partial charge on any atom is 0.335 e. The van der Waals surface area contributed by atoms with Crippen LogP contribution in [0.3, 0.4) is 0 Å². The monoisotopic (exact) mass is 250 g/mol. The van der Waals surface area contributed by atoms with E-state index in [0.717, 1.165) is 19.3 Å². The minimum absolute atomic E-state index is 0.233. The lowest BCUT2D eigenvalue weighted by molar-refractivity contribution is 0.0696. The Morgan fingerprint density at radius 3 is 2.89 bits per heavy atom. The van der Waals surface area contributed by atoms with Crippen LogP contribution in [0.25, 0.3) is 0 Å². The van der Waals surface area contributed by atoms with Crippen LogP contribution in [-0.2, 0) is 0 Å². The third kappa shape index (κ3) is 2.98. The minimum Gasteiger partial charge on any atom is -0.478 e. The standard InChI is InChI=1S/C13H18N2O3/c1-8-5-10(13(17)18)6-12(15-8)14-7-9-3-2-4-11(9)16/h5-6,9,11,16H,2-4,7H2,1H3,(H,14,15)(H,17,18). The van der Waals surface area contributed by atoms with Crippen molar-refractivity contribution in [3.63, 3.8) is 0 Å². The van der Waals surface area contributed by atoms with E-state index in [-0.39, 0.29) is 17.6 Å². The molecule has 1 heterocycles. The summed E-state index contributed by atoms with van der Waals surface area (Å²) in [5, 5.41) is 21.8. The number of hydrogen-bond donors (Lipinski definition) is 3. The van der Waals surface area contributed by atoms with Gasteiger partial charge in [0.15, 0.2) is 0 Å². The van der Waals surface area contributed by atoms with Crippen LogP contribution in [0.2, 0.25) is 0 Å². The fourth-order valence-corrected chi connectivity index (χ4v) is 2.37. The highest BCUT2D eigenvalue weighted by atomic mass is 16.4. The number of aliphatic hydroxyl groups excluding tert-OH is 1. The molecule has 1 aliphatic carbocycles. The first kappa shape index (κ1) is 12.8. The lowest BCUT2D eigenvalue weighted by atomic mass is 10.1. The summed E-state index contributed by atoms with van der Waals surface area (Å²) in [7, 11) is 0. The third-order valence-corrected chi connectivity index (χ3v) is 3.36. The van der Waals surface area contributed by atoms with Gasteiger partial charge in [0.2, 0.25) is 0 Å². The summed E-state index contributed by atoms with van der Waals surface area (Å²) in [6.07, 6.45) is 2.66. The fourth-order valence-electron chi connectivity index (χ4n) is 2.37. The molecular formula is C13H18N2O3. The van der Waals surface area contributed by atoms with Gasteiger partial charge in [-0.1, -0.05) is 6.42 Å². The van der Waals surface area contributed by atoms with Gasteiger partial charge in [0.25, 0.3) is 0 Å². The number of nitrogens with zero attached hydrogens (tertiary/aromatic N) is 1. The molecule has 5 heteroatoms. The van der Waals surface area contributed by atoms with E-state index in [1.807, 2.05) is 0 Å². The Morgan fingerprint density at radius 1 is 1.50 bits per heavy atom. The molecule has 0 saturated heterocycles. The van der Waals surface area contributed by atoms with Crippen molar-refractivity contribution in [3.8, 4) is 0 Å². The van der Waals surface area contributed by atoms with E-state index in [4.69, 9.17) is 5.11 Å². The molecule has 0 aromatic carbocycles. The van der Waals surface area contributed by atoms with E-state index in [0.29, 0.717) is 18.1 Å². The van der Waals surface area contributed by atoms with Crippen molar-refractivity contribution in [2.45, 2.75) is 32.3 Å². The summed E-state index contributed by atoms with van der Waals surface area (Å²) in [4.78, 5) is 15.2. The zero-order valence-electron chi connectivity index (χ0n) is 10.4. The maximum absolute atomic E-state index is 10.9. The predicted molar refractivity (Wildman–Crippen MR) is 67.8 cm³/mol. The topological polar surface area (TPSA) is 82.5 Å². The third-order valence-electron chi connectivity index (χ3n) is 3.36. The largest absolute Gasteiger partial charge is 0.478 e. The van der Waals surface area contributed by atoms with Crippen LogP contribution in [0.1, 0.15) is 35.3 Å². The van der Waals surface area contributed by atoms with Gasteiger partial charge in [-0.15, -0.1) is 0 Å². The predicted octanol–water partition coefficient (Wildman–Crippen LogP) is 1.66. The van der Waals surface area contributed by atoms with Gasteiger partial charge in [0.05, 0.1) is 11.7 Å². The molecule has 2 rings (SSSR count). The number of carboxylic acids is 1. The molecule has 0 bridgehead atoms. The molecular weight excluding hydrogens is 232 g/mol. The number of rotatable bonds is 4. The van der Waals surface area contributed by atoms with Gasteiger partial charge in [-0.05, 0) is 31.9 Å². The van der Waals surface area contributed by atoms with Crippen LogP contribution >= 0.6 is 0 Å². The van der Waals surface area contributed by atoms with Crippen LogP contribution in [0.15, 0.2) is 12.1 Å². The highest BCUT2D eigenvalue weighted by Gasteiger charge is 2.24. The normalized spacial score (nSPS) is 23.0. The zero-order valence-corrected chi connectivity index (χ0v) is 10.4. The smallest absolute Gasteiger partial charge is 0.335 e. The summed E-state index contributed by atoms with van der Waals surface area (Å²) in [5.74, 6) is -0.156. The maximum atomic E-state index is 10.9. The number of hydrogen-bond acceptors (Lipinski definition) is 4. The van der Waals surface area contributed by atoms with Crippen LogP contribution in [-0.4, -0.2) is 33.8 Å². The molecule has 0 amide bonds. The average molecular weight is 250 g/mol. The summed E-state index contributed by atoms with van der Waals surface area (Å²) in [6.45, 7) is 2.40. The van der Waals surface area contributed by atoms with Crippen molar-refractivity contribution in [2.24, 2.45) is 5.92 Å². The second kappa shape index (κ2) is 5.35. The van der Waals surface area contributed by atoms with Crippen LogP contribution in [0.5, 0.6) is 0 Å². The Balaban J connectivity index is 2.02. The summed E-state index contributed by atoms with van der Waals surface area (Å²) < 4.78 is 0. The lowest BCUT2D eigenvalue weighted by Crippen LogP contribution is -2.22. The molecule has 1 fully saturated rings. The summed E-state index contributed by atoms with van der Waals surface area (Å²) >= 11 is 0. The van der Waals surface area contributed by atoms with Crippen LogP contribution in [0, 0.1) is 12.8 Å². The van der Waals surface area contributed by atoms with Gasteiger partial charge in [-0.25, -0.2) is 9.78 Å². The molecule has 1 aromatic heterocycles. The second-order valence-electron chi connectivity index (χ2n) is 4.83. The number of carbonyl (C=O) groups is 1. The van der Waals surface area contributed by atoms with E-state index in [1.165, 1.54) is 12.1 Å². The van der Waals surface area contributed by atoms with Gasteiger partial charge in [-0.3, -0.25) is 0 Å². The first-order valence-electron chi connectivity index (χ1n) is 6.20. The molecule has 5 nitrogen and oxygen atoms in total. The second-order valence-corrected chi connectivity index (χ2v) is 4.83. The average Bonchev–Trinajstić information content (AvgIpc) is 2.71. The number of aromatic carboxylic acids is 1. The van der Waals surface area contributed by atoms with E-state index in [2.05, 4.69) is 10.3 Å². The highest BCUT2D eigenvalue weighted by Crippen LogP contribution is 2.25. The molecule has 0 radical (unpaired) electrons. The van der Waals surface area contributed by atoms with Crippen molar-refractivity contribution in [2.75, 3.05) is 11.9 Å².